The highest BCUT2D eigenvalue weighted by Crippen LogP contribution is 2.34. The number of hydrazone groups is 1. The number of aromatic nitrogens is 5. The molecule has 4 aromatic rings. The molecule has 5 rings (SSSR count). The molecule has 38 heavy (non-hydrogen) atoms. The van der Waals surface area contributed by atoms with Crippen LogP contribution in [0.15, 0.2) is 47.7 Å². The number of anilines is 2. The van der Waals surface area contributed by atoms with Gasteiger partial charge in [0.25, 0.3) is 0 Å². The van der Waals surface area contributed by atoms with Gasteiger partial charge in [0.1, 0.15) is 22.8 Å². The van der Waals surface area contributed by atoms with Crippen molar-refractivity contribution in [3.8, 4) is 23.3 Å². The average Bonchev–Trinajstić information content (AvgIpc) is 3.40. The molecule has 1 unspecified atom stereocenters. The molecule has 0 aliphatic carbocycles. The van der Waals surface area contributed by atoms with Crippen LogP contribution >= 0.6 is 0 Å². The van der Waals surface area contributed by atoms with Gasteiger partial charge in [0.05, 0.1) is 64.5 Å². The zero-order valence-corrected chi connectivity index (χ0v) is 21.8. The van der Waals surface area contributed by atoms with E-state index in [9.17, 15) is 0 Å². The standard InChI is InChI=1S/C26H28N8O4/c1-33-14-16(12-28-33)21-13-27-20-6-7-23(32-26(20)29-21)34(17-8-18(35-2)10-19(9-17)36-3)15-22-30-24(37-4)11-25(31-22)38-5/h6-13,16H,14-15H2,1-5H3. The van der Waals surface area contributed by atoms with Crippen LogP contribution in [0, 0.1) is 0 Å². The second-order valence-corrected chi connectivity index (χ2v) is 8.54. The summed E-state index contributed by atoms with van der Waals surface area (Å²) in [5.74, 6) is 3.16. The summed E-state index contributed by atoms with van der Waals surface area (Å²) in [7, 11) is 8.23. The first-order chi connectivity index (χ1) is 18.5. The molecule has 3 aromatic heterocycles. The maximum Gasteiger partial charge on any atom is 0.220 e. The highest BCUT2D eigenvalue weighted by atomic mass is 16.5. The molecule has 0 spiro atoms. The number of methoxy groups -OCH3 is 4. The zero-order valence-electron chi connectivity index (χ0n) is 21.8. The van der Waals surface area contributed by atoms with Crippen LogP contribution < -0.4 is 23.8 Å². The van der Waals surface area contributed by atoms with E-state index in [-0.39, 0.29) is 12.5 Å². The molecule has 0 N–H and O–H groups in total. The van der Waals surface area contributed by atoms with Crippen molar-refractivity contribution in [2.45, 2.75) is 12.5 Å². The minimum absolute atomic E-state index is 0.0544. The lowest BCUT2D eigenvalue weighted by Crippen LogP contribution is -2.20. The Hall–Kier alpha value is -4.74. The quantitative estimate of drug-likeness (QED) is 0.326. The first kappa shape index (κ1) is 24.9. The number of nitrogens with zero attached hydrogens (tertiary/aromatic N) is 8. The Bertz CT molecular complexity index is 1440. The van der Waals surface area contributed by atoms with Gasteiger partial charge in [-0.2, -0.15) is 15.1 Å². The van der Waals surface area contributed by atoms with Gasteiger partial charge >= 0.3 is 0 Å². The molecular formula is C26H28N8O4. The van der Waals surface area contributed by atoms with Gasteiger partial charge in [0.15, 0.2) is 11.5 Å². The third-order valence-corrected chi connectivity index (χ3v) is 6.06. The lowest BCUT2D eigenvalue weighted by Gasteiger charge is -2.24. The molecular weight excluding hydrogens is 488 g/mol. The Labute approximate surface area is 219 Å². The van der Waals surface area contributed by atoms with Gasteiger partial charge < -0.3 is 23.8 Å². The number of rotatable bonds is 9. The summed E-state index contributed by atoms with van der Waals surface area (Å²) >= 11 is 0. The molecule has 0 saturated carbocycles. The fourth-order valence-electron chi connectivity index (χ4n) is 4.10. The summed E-state index contributed by atoms with van der Waals surface area (Å²) in [5, 5.41) is 6.20. The summed E-state index contributed by atoms with van der Waals surface area (Å²) in [6.07, 6.45) is 3.66. The first-order valence-corrected chi connectivity index (χ1v) is 11.8. The highest BCUT2D eigenvalue weighted by Gasteiger charge is 2.21. The summed E-state index contributed by atoms with van der Waals surface area (Å²) in [5.41, 5.74) is 2.77. The highest BCUT2D eigenvalue weighted by molar-refractivity contribution is 5.76. The fourth-order valence-corrected chi connectivity index (χ4v) is 4.10. The molecule has 1 aliphatic heterocycles. The van der Waals surface area contributed by atoms with Crippen LogP contribution in [0.25, 0.3) is 11.2 Å². The minimum atomic E-state index is 0.0544. The van der Waals surface area contributed by atoms with Crippen molar-refractivity contribution < 1.29 is 18.9 Å². The van der Waals surface area contributed by atoms with Crippen molar-refractivity contribution in [2.75, 3.05) is 46.9 Å². The van der Waals surface area contributed by atoms with Crippen molar-refractivity contribution in [3.63, 3.8) is 0 Å². The van der Waals surface area contributed by atoms with Crippen LogP contribution in [-0.4, -0.2) is 78.2 Å². The molecule has 0 saturated heterocycles. The topological polar surface area (TPSA) is 120 Å². The summed E-state index contributed by atoms with van der Waals surface area (Å²) in [6, 6.07) is 11.0. The van der Waals surface area contributed by atoms with E-state index in [4.69, 9.17) is 28.9 Å². The van der Waals surface area contributed by atoms with Crippen molar-refractivity contribution in [3.05, 3.63) is 54.1 Å². The second-order valence-electron chi connectivity index (χ2n) is 8.54. The number of hydrogen-bond donors (Lipinski definition) is 0. The van der Waals surface area contributed by atoms with E-state index in [0.717, 1.165) is 17.9 Å². The third kappa shape index (κ3) is 5.19. The van der Waals surface area contributed by atoms with Crippen LogP contribution in [0.2, 0.25) is 0 Å². The van der Waals surface area contributed by atoms with Crippen molar-refractivity contribution in [1.82, 2.24) is 29.9 Å². The van der Waals surface area contributed by atoms with Crippen LogP contribution in [0.4, 0.5) is 11.5 Å². The van der Waals surface area contributed by atoms with Crippen molar-refractivity contribution in [1.29, 1.82) is 0 Å². The number of ether oxygens (including phenoxy) is 4. The normalized spacial score (nSPS) is 14.6. The minimum Gasteiger partial charge on any atom is -0.497 e. The number of benzene rings is 1. The maximum atomic E-state index is 5.52. The molecule has 196 valence electrons. The first-order valence-electron chi connectivity index (χ1n) is 11.8. The summed E-state index contributed by atoms with van der Waals surface area (Å²) < 4.78 is 21.7. The van der Waals surface area contributed by atoms with Crippen molar-refractivity contribution >= 4 is 28.9 Å². The van der Waals surface area contributed by atoms with E-state index in [1.807, 2.05) is 47.4 Å². The summed E-state index contributed by atoms with van der Waals surface area (Å²) in [6.45, 7) is 0.986. The van der Waals surface area contributed by atoms with Gasteiger partial charge in [0.2, 0.25) is 11.8 Å². The van der Waals surface area contributed by atoms with E-state index in [1.165, 1.54) is 0 Å². The van der Waals surface area contributed by atoms with Gasteiger partial charge in [0, 0.05) is 38.0 Å². The smallest absolute Gasteiger partial charge is 0.220 e. The molecule has 1 aliphatic rings. The van der Waals surface area contributed by atoms with Gasteiger partial charge in [-0.05, 0) is 12.1 Å². The maximum absolute atomic E-state index is 5.52. The Balaban J connectivity index is 1.61. The molecule has 1 atom stereocenters. The van der Waals surface area contributed by atoms with Crippen molar-refractivity contribution in [2.24, 2.45) is 5.10 Å². The Morgan fingerprint density at radius 2 is 1.58 bits per heavy atom. The second kappa shape index (κ2) is 10.7. The molecule has 12 heteroatoms. The number of likely N-dealkylation sites (N-methyl/N-ethyl adjacent to an activating group) is 1. The lowest BCUT2D eigenvalue weighted by atomic mass is 10.1. The van der Waals surface area contributed by atoms with Gasteiger partial charge in [-0.1, -0.05) is 0 Å². The SMILES string of the molecule is COc1cc(OC)cc(N(Cc2nc(OC)cc(OC)n2)c2ccc3ncc(C4C=NN(C)C4)nc3n2)c1. The zero-order chi connectivity index (χ0) is 26.6. The summed E-state index contributed by atoms with van der Waals surface area (Å²) in [4.78, 5) is 25.3. The third-order valence-electron chi connectivity index (χ3n) is 6.06. The Kier molecular flexibility index (Phi) is 7.03. The van der Waals surface area contributed by atoms with E-state index < -0.39 is 0 Å². The molecule has 0 amide bonds. The molecule has 0 bridgehead atoms. The number of hydrogen-bond acceptors (Lipinski definition) is 12. The molecule has 4 heterocycles. The number of fused-ring (bicyclic) bond motifs is 1. The van der Waals surface area contributed by atoms with Gasteiger partial charge in [-0.25, -0.2) is 9.97 Å². The van der Waals surface area contributed by atoms with Gasteiger partial charge in [-0.3, -0.25) is 9.99 Å². The van der Waals surface area contributed by atoms with Crippen LogP contribution in [-0.2, 0) is 6.54 Å². The van der Waals surface area contributed by atoms with Crippen LogP contribution in [0.5, 0.6) is 23.3 Å². The van der Waals surface area contributed by atoms with Crippen LogP contribution in [0.1, 0.15) is 17.4 Å². The van der Waals surface area contributed by atoms with Crippen LogP contribution in [0.3, 0.4) is 0 Å². The predicted molar refractivity (Wildman–Crippen MR) is 142 cm³/mol. The molecule has 1 aromatic carbocycles. The predicted octanol–water partition coefficient (Wildman–Crippen LogP) is 3.20. The Morgan fingerprint density at radius 1 is 0.868 bits per heavy atom. The van der Waals surface area contributed by atoms with E-state index in [0.29, 0.717) is 46.1 Å². The monoisotopic (exact) mass is 516 g/mol. The Morgan fingerprint density at radius 3 is 2.18 bits per heavy atom. The largest absolute Gasteiger partial charge is 0.497 e. The van der Waals surface area contributed by atoms with E-state index in [2.05, 4.69) is 20.1 Å². The average molecular weight is 517 g/mol. The fraction of sp³-hybridized carbons (Fsp3) is 0.308. The van der Waals surface area contributed by atoms with E-state index in [1.54, 1.807) is 46.8 Å². The molecule has 12 nitrogen and oxygen atoms in total. The molecule has 0 radical (unpaired) electrons. The van der Waals surface area contributed by atoms with E-state index >= 15 is 0 Å². The lowest BCUT2D eigenvalue weighted by molar-refractivity contribution is 0.368. The number of pyridine rings is 1. The molecule has 0 fully saturated rings. The van der Waals surface area contributed by atoms with Gasteiger partial charge in [-0.15, -0.1) is 0 Å².